The van der Waals surface area contributed by atoms with Gasteiger partial charge in [0.2, 0.25) is 11.9 Å². The molecule has 2 fully saturated rings. The molecule has 102 valence electrons. The lowest BCUT2D eigenvalue weighted by molar-refractivity contribution is -0.128. The first-order valence-electron chi connectivity index (χ1n) is 7.10. The molecule has 1 saturated heterocycles. The van der Waals surface area contributed by atoms with Crippen molar-refractivity contribution in [2.24, 2.45) is 5.92 Å². The van der Waals surface area contributed by atoms with Crippen molar-refractivity contribution in [1.82, 2.24) is 14.9 Å². The fraction of sp³-hybridized carbons (Fsp3) is 0.643. The normalized spacial score (nSPS) is 22.9. The van der Waals surface area contributed by atoms with Crippen molar-refractivity contribution in [3.05, 3.63) is 18.0 Å². The molecule has 1 unspecified atom stereocenters. The Hall–Kier alpha value is -1.65. The van der Waals surface area contributed by atoms with Crippen LogP contribution in [0.1, 0.15) is 31.7 Å². The number of likely N-dealkylation sites (tertiary alicyclic amines) is 1. The van der Waals surface area contributed by atoms with Crippen LogP contribution in [0, 0.1) is 5.92 Å². The van der Waals surface area contributed by atoms with Crippen molar-refractivity contribution in [3.63, 3.8) is 0 Å². The van der Waals surface area contributed by atoms with Gasteiger partial charge >= 0.3 is 0 Å². The van der Waals surface area contributed by atoms with Gasteiger partial charge in [0.25, 0.3) is 0 Å². The minimum absolute atomic E-state index is 0.316. The topological polar surface area (TPSA) is 58.1 Å². The molecule has 19 heavy (non-hydrogen) atoms. The minimum Gasteiger partial charge on any atom is -0.354 e. The molecule has 0 spiro atoms. The summed E-state index contributed by atoms with van der Waals surface area (Å²) in [6, 6.07) is 0.539. The van der Waals surface area contributed by atoms with E-state index >= 15 is 0 Å². The predicted octanol–water partition coefficient (Wildman–Crippen LogP) is 1.46. The summed E-state index contributed by atoms with van der Waals surface area (Å²) in [5, 5.41) is 3.24. The van der Waals surface area contributed by atoms with Crippen LogP contribution in [0.5, 0.6) is 0 Å². The number of carbonyl (C=O) groups is 1. The van der Waals surface area contributed by atoms with Crippen LogP contribution < -0.4 is 5.32 Å². The van der Waals surface area contributed by atoms with Crippen molar-refractivity contribution in [2.45, 2.75) is 38.6 Å². The van der Waals surface area contributed by atoms with Gasteiger partial charge in [-0.2, -0.15) is 0 Å². The number of hydrogen-bond acceptors (Lipinski definition) is 4. The molecule has 5 nitrogen and oxygen atoms in total. The van der Waals surface area contributed by atoms with Crippen molar-refractivity contribution >= 4 is 11.9 Å². The first-order chi connectivity index (χ1) is 9.26. The van der Waals surface area contributed by atoms with Crippen LogP contribution in [-0.2, 0) is 11.2 Å². The molecule has 3 rings (SSSR count). The van der Waals surface area contributed by atoms with Crippen LogP contribution in [-0.4, -0.2) is 39.9 Å². The second kappa shape index (κ2) is 5.15. The van der Waals surface area contributed by atoms with Crippen molar-refractivity contribution < 1.29 is 4.79 Å². The summed E-state index contributed by atoms with van der Waals surface area (Å²) >= 11 is 0. The first kappa shape index (κ1) is 12.4. The lowest BCUT2D eigenvalue weighted by Gasteiger charge is -2.15. The molecule has 1 amide bonds. The number of amides is 1. The third kappa shape index (κ3) is 2.85. The van der Waals surface area contributed by atoms with Gasteiger partial charge in [-0.25, -0.2) is 9.97 Å². The maximum atomic E-state index is 11.8. The molecule has 0 bridgehead atoms. The fourth-order valence-electron chi connectivity index (χ4n) is 2.55. The van der Waals surface area contributed by atoms with E-state index in [2.05, 4.69) is 22.2 Å². The van der Waals surface area contributed by atoms with Crippen molar-refractivity contribution in [3.8, 4) is 0 Å². The number of hydrogen-bond donors (Lipinski definition) is 1. The Morgan fingerprint density at radius 1 is 1.37 bits per heavy atom. The molecule has 2 aliphatic rings. The number of nitrogens with one attached hydrogen (secondary N) is 1. The fourth-order valence-corrected chi connectivity index (χ4v) is 2.55. The number of carbonyl (C=O) groups excluding carboxylic acids is 1. The molecular formula is C14H20N4O. The van der Waals surface area contributed by atoms with E-state index in [0.717, 1.165) is 25.1 Å². The highest BCUT2D eigenvalue weighted by Crippen LogP contribution is 2.32. The molecule has 1 saturated carbocycles. The number of rotatable bonds is 5. The summed E-state index contributed by atoms with van der Waals surface area (Å²) in [4.78, 5) is 22.4. The Balaban J connectivity index is 1.50. The number of aryl methyl sites for hydroxylation is 1. The highest BCUT2D eigenvalue weighted by molar-refractivity contribution is 5.79. The Kier molecular flexibility index (Phi) is 3.36. The number of nitrogens with zero attached hydrogens (tertiary/aromatic N) is 3. The van der Waals surface area contributed by atoms with Gasteiger partial charge in [0, 0.05) is 43.9 Å². The zero-order valence-corrected chi connectivity index (χ0v) is 11.3. The van der Waals surface area contributed by atoms with E-state index in [-0.39, 0.29) is 0 Å². The Morgan fingerprint density at radius 3 is 2.74 bits per heavy atom. The van der Waals surface area contributed by atoms with E-state index in [9.17, 15) is 4.79 Å². The Labute approximate surface area is 113 Å². The lowest BCUT2D eigenvalue weighted by atomic mass is 10.1. The van der Waals surface area contributed by atoms with Gasteiger partial charge in [-0.1, -0.05) is 6.92 Å². The van der Waals surface area contributed by atoms with Gasteiger partial charge in [0.15, 0.2) is 0 Å². The van der Waals surface area contributed by atoms with Crippen molar-refractivity contribution in [1.29, 1.82) is 0 Å². The molecule has 1 aromatic rings. The van der Waals surface area contributed by atoms with Gasteiger partial charge in [-0.15, -0.1) is 0 Å². The van der Waals surface area contributed by atoms with E-state index < -0.39 is 0 Å². The monoisotopic (exact) mass is 260 g/mol. The highest BCUT2D eigenvalue weighted by Gasteiger charge is 2.39. The predicted molar refractivity (Wildman–Crippen MR) is 72.7 cm³/mol. The third-order valence-corrected chi connectivity index (χ3v) is 3.89. The molecule has 0 aromatic carbocycles. The van der Waals surface area contributed by atoms with Crippen LogP contribution in [0.2, 0.25) is 0 Å². The van der Waals surface area contributed by atoms with Gasteiger partial charge in [0.05, 0.1) is 0 Å². The molecule has 1 atom stereocenters. The summed E-state index contributed by atoms with van der Waals surface area (Å²) in [5.74, 6) is 1.37. The second-order valence-corrected chi connectivity index (χ2v) is 5.50. The Morgan fingerprint density at radius 2 is 2.11 bits per heavy atom. The third-order valence-electron chi connectivity index (χ3n) is 3.89. The van der Waals surface area contributed by atoms with Crippen molar-refractivity contribution in [2.75, 3.05) is 18.4 Å². The average molecular weight is 260 g/mol. The standard InChI is InChI=1S/C14H20N4O/c1-2-10-6-15-14(16-7-10)17-8-11-5-13(19)18(9-11)12-3-4-12/h6-7,11-12H,2-5,8-9H2,1H3,(H,15,16,17). The first-order valence-corrected chi connectivity index (χ1v) is 7.10. The van der Waals surface area contributed by atoms with Crippen LogP contribution in [0.25, 0.3) is 0 Å². The van der Waals surface area contributed by atoms with Gasteiger partial charge in [0.1, 0.15) is 0 Å². The summed E-state index contributed by atoms with van der Waals surface area (Å²) in [7, 11) is 0. The van der Waals surface area contributed by atoms with Crippen LogP contribution in [0.4, 0.5) is 5.95 Å². The SMILES string of the molecule is CCc1cnc(NCC2CC(=O)N(C3CC3)C2)nc1. The molecule has 2 heterocycles. The maximum absolute atomic E-state index is 11.8. The molecule has 5 heteroatoms. The van der Waals surface area contributed by atoms with E-state index in [0.29, 0.717) is 30.2 Å². The lowest BCUT2D eigenvalue weighted by Crippen LogP contribution is -2.28. The summed E-state index contributed by atoms with van der Waals surface area (Å²) in [5.41, 5.74) is 1.14. The average Bonchev–Trinajstić information content (AvgIpc) is 3.21. The van der Waals surface area contributed by atoms with Crippen LogP contribution in [0.3, 0.4) is 0 Å². The Bertz CT molecular complexity index is 455. The van der Waals surface area contributed by atoms with Gasteiger partial charge < -0.3 is 10.2 Å². The second-order valence-electron chi connectivity index (χ2n) is 5.50. The highest BCUT2D eigenvalue weighted by atomic mass is 16.2. The smallest absolute Gasteiger partial charge is 0.223 e. The van der Waals surface area contributed by atoms with Crippen LogP contribution in [0.15, 0.2) is 12.4 Å². The summed E-state index contributed by atoms with van der Waals surface area (Å²) < 4.78 is 0. The zero-order valence-electron chi connectivity index (χ0n) is 11.3. The molecule has 1 N–H and O–H groups in total. The van der Waals surface area contributed by atoms with Gasteiger partial charge in [-0.05, 0) is 24.8 Å². The van der Waals surface area contributed by atoms with E-state index in [1.165, 1.54) is 12.8 Å². The summed E-state index contributed by atoms with van der Waals surface area (Å²) in [6.07, 6.45) is 7.70. The number of anilines is 1. The molecule has 0 radical (unpaired) electrons. The summed E-state index contributed by atoms with van der Waals surface area (Å²) in [6.45, 7) is 3.76. The van der Waals surface area contributed by atoms with Gasteiger partial charge in [-0.3, -0.25) is 4.79 Å². The van der Waals surface area contributed by atoms with Crippen LogP contribution >= 0.6 is 0 Å². The van der Waals surface area contributed by atoms with E-state index in [1.807, 2.05) is 17.3 Å². The molecule has 1 aliphatic carbocycles. The van der Waals surface area contributed by atoms with E-state index in [1.54, 1.807) is 0 Å². The maximum Gasteiger partial charge on any atom is 0.223 e. The minimum atomic E-state index is 0.316. The number of aromatic nitrogens is 2. The molecule has 1 aliphatic heterocycles. The quantitative estimate of drug-likeness (QED) is 0.871. The largest absolute Gasteiger partial charge is 0.354 e. The van der Waals surface area contributed by atoms with E-state index in [4.69, 9.17) is 0 Å². The molecule has 1 aromatic heterocycles. The zero-order chi connectivity index (χ0) is 13.2. The molecular weight excluding hydrogens is 240 g/mol.